The number of benzene rings is 1. The van der Waals surface area contributed by atoms with E-state index in [2.05, 4.69) is 22.9 Å². The maximum absolute atomic E-state index is 5.74. The van der Waals surface area contributed by atoms with Gasteiger partial charge in [0.05, 0.1) is 4.99 Å². The van der Waals surface area contributed by atoms with Gasteiger partial charge in [-0.15, -0.1) is 0 Å². The molecule has 1 rings (SSSR count). The second-order valence-electron chi connectivity index (χ2n) is 3.27. The third-order valence-electron chi connectivity index (χ3n) is 2.00. The van der Waals surface area contributed by atoms with E-state index in [4.69, 9.17) is 22.7 Å². The lowest BCUT2D eigenvalue weighted by molar-refractivity contribution is 0.205. The number of nitrogens with two attached hydrogens (primary N) is 1. The lowest BCUT2D eigenvalue weighted by Crippen LogP contribution is -2.23. The Morgan fingerprint density at radius 3 is 2.53 bits per heavy atom. The molecule has 82 valence electrons. The molecule has 1 atom stereocenters. The van der Waals surface area contributed by atoms with Crippen LogP contribution in [0.4, 0.5) is 0 Å². The SMILES string of the molecule is CCC(CC(N)=S)Oc1ccc(Br)cc1. The minimum atomic E-state index is 0.0728. The van der Waals surface area contributed by atoms with Crippen molar-refractivity contribution >= 4 is 33.1 Å². The summed E-state index contributed by atoms with van der Waals surface area (Å²) in [5.74, 6) is 0.848. The molecule has 0 aliphatic carbocycles. The molecule has 1 aromatic carbocycles. The molecule has 0 bridgehead atoms. The van der Waals surface area contributed by atoms with E-state index in [0.29, 0.717) is 11.4 Å². The highest BCUT2D eigenvalue weighted by Gasteiger charge is 2.09. The third kappa shape index (κ3) is 4.62. The summed E-state index contributed by atoms with van der Waals surface area (Å²) in [5.41, 5.74) is 5.49. The first-order valence-electron chi connectivity index (χ1n) is 4.82. The molecule has 1 aromatic rings. The molecule has 0 saturated carbocycles. The zero-order chi connectivity index (χ0) is 11.3. The molecule has 15 heavy (non-hydrogen) atoms. The smallest absolute Gasteiger partial charge is 0.119 e. The van der Waals surface area contributed by atoms with Crippen LogP contribution in [-0.4, -0.2) is 11.1 Å². The van der Waals surface area contributed by atoms with Gasteiger partial charge in [-0.3, -0.25) is 0 Å². The van der Waals surface area contributed by atoms with E-state index >= 15 is 0 Å². The summed E-state index contributed by atoms with van der Waals surface area (Å²) in [6.07, 6.45) is 1.60. The van der Waals surface area contributed by atoms with Crippen LogP contribution in [0.1, 0.15) is 19.8 Å². The Balaban J connectivity index is 2.58. The molecule has 0 aliphatic heterocycles. The monoisotopic (exact) mass is 287 g/mol. The first-order chi connectivity index (χ1) is 7.11. The molecule has 2 N–H and O–H groups in total. The molecule has 2 nitrogen and oxygen atoms in total. The number of thiocarbonyl (C=S) groups is 1. The number of hydrogen-bond donors (Lipinski definition) is 1. The molecule has 0 spiro atoms. The molecule has 0 saturated heterocycles. The van der Waals surface area contributed by atoms with Crippen molar-refractivity contribution in [3.05, 3.63) is 28.7 Å². The van der Waals surface area contributed by atoms with Crippen molar-refractivity contribution in [2.45, 2.75) is 25.9 Å². The average Bonchev–Trinajstić information content (AvgIpc) is 2.19. The first-order valence-corrected chi connectivity index (χ1v) is 6.02. The number of ether oxygens (including phenoxy) is 1. The van der Waals surface area contributed by atoms with Gasteiger partial charge in [0.1, 0.15) is 11.9 Å². The van der Waals surface area contributed by atoms with Crippen LogP contribution in [0.3, 0.4) is 0 Å². The van der Waals surface area contributed by atoms with E-state index in [1.165, 1.54) is 0 Å². The maximum Gasteiger partial charge on any atom is 0.119 e. The van der Waals surface area contributed by atoms with Crippen molar-refractivity contribution in [3.8, 4) is 5.75 Å². The summed E-state index contributed by atoms with van der Waals surface area (Å²) in [6.45, 7) is 2.06. The number of hydrogen-bond acceptors (Lipinski definition) is 2. The van der Waals surface area contributed by atoms with Gasteiger partial charge in [-0.1, -0.05) is 35.1 Å². The fourth-order valence-corrected chi connectivity index (χ4v) is 1.65. The largest absolute Gasteiger partial charge is 0.490 e. The van der Waals surface area contributed by atoms with Crippen LogP contribution in [0.5, 0.6) is 5.75 Å². The van der Waals surface area contributed by atoms with Crippen LogP contribution in [0.2, 0.25) is 0 Å². The van der Waals surface area contributed by atoms with Gasteiger partial charge >= 0.3 is 0 Å². The molecule has 4 heteroatoms. The van der Waals surface area contributed by atoms with Crippen LogP contribution in [0, 0.1) is 0 Å². The van der Waals surface area contributed by atoms with Crippen molar-refractivity contribution < 1.29 is 4.74 Å². The van der Waals surface area contributed by atoms with Crippen molar-refractivity contribution in [2.24, 2.45) is 5.73 Å². The lowest BCUT2D eigenvalue weighted by atomic mass is 10.2. The van der Waals surface area contributed by atoms with Gasteiger partial charge in [0, 0.05) is 10.9 Å². The van der Waals surface area contributed by atoms with E-state index < -0.39 is 0 Å². The molecular formula is C11H14BrNOS. The normalized spacial score (nSPS) is 12.1. The predicted molar refractivity (Wildman–Crippen MR) is 70.3 cm³/mol. The Hall–Kier alpha value is -0.610. The van der Waals surface area contributed by atoms with E-state index in [1.807, 2.05) is 24.3 Å². The van der Waals surface area contributed by atoms with Crippen LogP contribution >= 0.6 is 28.1 Å². The second kappa shape index (κ2) is 6.08. The maximum atomic E-state index is 5.74. The molecule has 0 aliphatic rings. The Morgan fingerprint density at radius 2 is 2.07 bits per heavy atom. The van der Waals surface area contributed by atoms with Gasteiger partial charge in [-0.05, 0) is 30.7 Å². The summed E-state index contributed by atoms with van der Waals surface area (Å²) in [5, 5.41) is 0. The van der Waals surface area contributed by atoms with Crippen LogP contribution in [0.15, 0.2) is 28.7 Å². The Kier molecular flexibility index (Phi) is 5.05. The minimum Gasteiger partial charge on any atom is -0.490 e. The standard InChI is InChI=1S/C11H14BrNOS/c1-2-9(7-11(13)15)14-10-5-3-8(12)4-6-10/h3-6,9H,2,7H2,1H3,(H2,13,15). The van der Waals surface area contributed by atoms with Gasteiger partial charge in [0.2, 0.25) is 0 Å². The summed E-state index contributed by atoms with van der Waals surface area (Å²) in [7, 11) is 0. The highest BCUT2D eigenvalue weighted by atomic mass is 79.9. The third-order valence-corrected chi connectivity index (χ3v) is 2.70. The zero-order valence-electron chi connectivity index (χ0n) is 8.57. The fourth-order valence-electron chi connectivity index (χ4n) is 1.20. The van der Waals surface area contributed by atoms with Crippen LogP contribution in [-0.2, 0) is 0 Å². The van der Waals surface area contributed by atoms with E-state index in [-0.39, 0.29) is 6.10 Å². The molecule has 0 heterocycles. The number of rotatable bonds is 5. The van der Waals surface area contributed by atoms with E-state index in [9.17, 15) is 0 Å². The summed E-state index contributed by atoms with van der Waals surface area (Å²) < 4.78 is 6.78. The Morgan fingerprint density at radius 1 is 1.47 bits per heavy atom. The van der Waals surface area contributed by atoms with Crippen molar-refractivity contribution in [1.82, 2.24) is 0 Å². The predicted octanol–water partition coefficient (Wildman–Crippen LogP) is 3.28. The fraction of sp³-hybridized carbons (Fsp3) is 0.364. The first kappa shape index (κ1) is 12.5. The molecule has 0 aromatic heterocycles. The van der Waals surface area contributed by atoms with Gasteiger partial charge in [0.15, 0.2) is 0 Å². The highest BCUT2D eigenvalue weighted by molar-refractivity contribution is 9.10. The molecule has 0 fully saturated rings. The summed E-state index contributed by atoms with van der Waals surface area (Å²) in [4.78, 5) is 0.499. The van der Waals surface area contributed by atoms with Crippen molar-refractivity contribution in [1.29, 1.82) is 0 Å². The van der Waals surface area contributed by atoms with Crippen LogP contribution in [0.25, 0.3) is 0 Å². The van der Waals surface area contributed by atoms with Crippen molar-refractivity contribution in [2.75, 3.05) is 0 Å². The van der Waals surface area contributed by atoms with Gasteiger partial charge in [-0.2, -0.15) is 0 Å². The average molecular weight is 288 g/mol. The highest BCUT2D eigenvalue weighted by Crippen LogP contribution is 2.18. The van der Waals surface area contributed by atoms with E-state index in [1.54, 1.807) is 0 Å². The summed E-state index contributed by atoms with van der Waals surface area (Å²) in [6, 6.07) is 7.74. The molecule has 0 radical (unpaired) electrons. The minimum absolute atomic E-state index is 0.0728. The topological polar surface area (TPSA) is 35.2 Å². The van der Waals surface area contributed by atoms with Gasteiger partial charge < -0.3 is 10.5 Å². The Bertz CT molecular complexity index is 326. The van der Waals surface area contributed by atoms with Crippen LogP contribution < -0.4 is 10.5 Å². The molecule has 1 unspecified atom stereocenters. The molecular weight excluding hydrogens is 274 g/mol. The van der Waals surface area contributed by atoms with Crippen molar-refractivity contribution in [3.63, 3.8) is 0 Å². The lowest BCUT2D eigenvalue weighted by Gasteiger charge is -2.16. The number of halogens is 1. The zero-order valence-corrected chi connectivity index (χ0v) is 11.0. The molecule has 0 amide bonds. The summed E-state index contributed by atoms with van der Waals surface area (Å²) >= 11 is 8.24. The van der Waals surface area contributed by atoms with Gasteiger partial charge in [0.25, 0.3) is 0 Å². The second-order valence-corrected chi connectivity index (χ2v) is 4.71. The Labute approximate surface area is 104 Å². The van der Waals surface area contributed by atoms with E-state index in [0.717, 1.165) is 16.6 Å². The van der Waals surface area contributed by atoms with Gasteiger partial charge in [-0.25, -0.2) is 0 Å². The quantitative estimate of drug-likeness (QED) is 0.844.